The molecule has 0 aliphatic carbocycles. The van der Waals surface area contributed by atoms with Crippen LogP contribution in [0.2, 0.25) is 5.02 Å². The molecule has 1 heterocycles. The first-order valence-electron chi connectivity index (χ1n) is 8.64. The Kier molecular flexibility index (Phi) is 5.57. The molecule has 1 aliphatic heterocycles. The van der Waals surface area contributed by atoms with E-state index in [1.165, 1.54) is 12.1 Å². The molecule has 4 nitrogen and oxygen atoms in total. The van der Waals surface area contributed by atoms with Gasteiger partial charge in [-0.05, 0) is 42.3 Å². The molecule has 136 valence electrons. The Morgan fingerprint density at radius 2 is 2.00 bits per heavy atom. The molecule has 1 aliphatic rings. The molecule has 3 rings (SSSR count). The number of unbranched alkanes of at least 4 members (excludes halogenated alkanes) is 1. The average molecular weight is 375 g/mol. The van der Waals surface area contributed by atoms with Crippen molar-refractivity contribution in [1.29, 1.82) is 0 Å². The molecule has 0 spiro atoms. The van der Waals surface area contributed by atoms with Crippen molar-refractivity contribution in [3.63, 3.8) is 0 Å². The van der Waals surface area contributed by atoms with Crippen LogP contribution in [0.1, 0.15) is 43.4 Å². The number of fused-ring (bicyclic) bond motifs is 1. The van der Waals surface area contributed by atoms with E-state index in [4.69, 9.17) is 11.6 Å². The topological polar surface area (TPSA) is 49.4 Å². The van der Waals surface area contributed by atoms with Crippen LogP contribution in [0.3, 0.4) is 0 Å². The summed E-state index contributed by atoms with van der Waals surface area (Å²) >= 11 is 6.18. The summed E-state index contributed by atoms with van der Waals surface area (Å²) in [5.41, 5.74) is 2.07. The smallest absolute Gasteiger partial charge is 0.244 e. The third kappa shape index (κ3) is 3.88. The van der Waals surface area contributed by atoms with Gasteiger partial charge in [0.15, 0.2) is 0 Å². The minimum Gasteiger partial charge on any atom is -0.324 e. The van der Waals surface area contributed by atoms with Crippen LogP contribution in [0.5, 0.6) is 0 Å². The minimum absolute atomic E-state index is 0.0586. The summed E-state index contributed by atoms with van der Waals surface area (Å²) in [4.78, 5) is 26.7. The zero-order valence-electron chi connectivity index (χ0n) is 14.5. The molecule has 2 aromatic carbocycles. The van der Waals surface area contributed by atoms with E-state index < -0.39 is 6.04 Å². The monoisotopic (exact) mass is 374 g/mol. The quantitative estimate of drug-likeness (QED) is 0.854. The number of nitrogens with zero attached hydrogens (tertiary/aromatic N) is 1. The fourth-order valence-electron chi connectivity index (χ4n) is 3.19. The maximum absolute atomic E-state index is 13.4. The first kappa shape index (κ1) is 18.4. The highest BCUT2D eigenvalue weighted by atomic mass is 35.5. The molecule has 0 radical (unpaired) electrons. The number of hydrogen-bond donors (Lipinski definition) is 1. The summed E-state index contributed by atoms with van der Waals surface area (Å²) < 4.78 is 13.4. The van der Waals surface area contributed by atoms with Gasteiger partial charge in [-0.25, -0.2) is 4.39 Å². The van der Waals surface area contributed by atoms with Gasteiger partial charge in [-0.2, -0.15) is 0 Å². The van der Waals surface area contributed by atoms with E-state index in [2.05, 4.69) is 5.32 Å². The molecule has 0 unspecified atom stereocenters. The van der Waals surface area contributed by atoms with Crippen molar-refractivity contribution in [1.82, 2.24) is 4.90 Å². The van der Waals surface area contributed by atoms with Crippen LogP contribution in [0.25, 0.3) is 0 Å². The Balaban J connectivity index is 2.12. The lowest BCUT2D eigenvalue weighted by atomic mass is 9.95. The van der Waals surface area contributed by atoms with E-state index in [0.29, 0.717) is 17.1 Å². The molecule has 2 aromatic rings. The zero-order chi connectivity index (χ0) is 18.7. The molecule has 2 amide bonds. The Labute approximate surface area is 157 Å². The van der Waals surface area contributed by atoms with E-state index in [0.717, 1.165) is 24.0 Å². The Bertz CT molecular complexity index is 823. The van der Waals surface area contributed by atoms with Crippen molar-refractivity contribution in [2.24, 2.45) is 0 Å². The van der Waals surface area contributed by atoms with Crippen LogP contribution in [0.4, 0.5) is 10.1 Å². The number of amides is 2. The highest BCUT2D eigenvalue weighted by Crippen LogP contribution is 2.37. The van der Waals surface area contributed by atoms with E-state index in [1.807, 2.05) is 6.92 Å². The lowest BCUT2D eigenvalue weighted by Gasteiger charge is -2.30. The van der Waals surface area contributed by atoms with Crippen LogP contribution in [-0.4, -0.2) is 23.3 Å². The van der Waals surface area contributed by atoms with E-state index in [9.17, 15) is 14.0 Å². The molecule has 1 atom stereocenters. The fraction of sp³-hybridized carbons (Fsp3) is 0.300. The van der Waals surface area contributed by atoms with Gasteiger partial charge in [0.25, 0.3) is 0 Å². The predicted molar refractivity (Wildman–Crippen MR) is 99.6 cm³/mol. The van der Waals surface area contributed by atoms with E-state index in [1.54, 1.807) is 35.2 Å². The standard InChI is InChI=1S/C20H20ClFN2O2/c1-2-3-4-19(26)24-12-18(25)23-17-10-7-14(21)11-16(17)20(24)13-5-8-15(22)9-6-13/h5-11,20H,2-4,12H2,1H3,(H,23,25)/t20-/m1/s1. The number of carbonyl (C=O) groups excluding carboxylic acids is 2. The first-order chi connectivity index (χ1) is 12.5. The number of nitrogens with one attached hydrogen (secondary N) is 1. The number of rotatable bonds is 4. The highest BCUT2D eigenvalue weighted by Gasteiger charge is 2.33. The summed E-state index contributed by atoms with van der Waals surface area (Å²) in [6.07, 6.45) is 1.99. The fourth-order valence-corrected chi connectivity index (χ4v) is 3.37. The third-order valence-electron chi connectivity index (χ3n) is 4.46. The van der Waals surface area contributed by atoms with Crippen molar-refractivity contribution in [2.75, 3.05) is 11.9 Å². The second-order valence-electron chi connectivity index (χ2n) is 6.36. The molecule has 1 N–H and O–H groups in total. The number of benzene rings is 2. The second kappa shape index (κ2) is 7.87. The molecule has 0 saturated carbocycles. The van der Waals surface area contributed by atoms with E-state index in [-0.39, 0.29) is 24.2 Å². The van der Waals surface area contributed by atoms with Crippen molar-refractivity contribution >= 4 is 29.1 Å². The van der Waals surface area contributed by atoms with Gasteiger partial charge < -0.3 is 10.2 Å². The molecule has 26 heavy (non-hydrogen) atoms. The van der Waals surface area contributed by atoms with Gasteiger partial charge in [0.05, 0.1) is 6.04 Å². The van der Waals surface area contributed by atoms with E-state index >= 15 is 0 Å². The molecular weight excluding hydrogens is 355 g/mol. The van der Waals surface area contributed by atoms with Crippen LogP contribution in [0.15, 0.2) is 42.5 Å². The normalized spacial score (nSPS) is 16.7. The van der Waals surface area contributed by atoms with Gasteiger partial charge in [-0.3, -0.25) is 9.59 Å². The summed E-state index contributed by atoms with van der Waals surface area (Å²) in [6.45, 7) is 1.95. The van der Waals surface area contributed by atoms with Gasteiger partial charge in [-0.15, -0.1) is 0 Å². The minimum atomic E-state index is -0.507. The van der Waals surface area contributed by atoms with Gasteiger partial charge in [0.1, 0.15) is 12.4 Å². The lowest BCUT2D eigenvalue weighted by molar-refractivity contribution is -0.136. The maximum Gasteiger partial charge on any atom is 0.244 e. The van der Waals surface area contributed by atoms with Gasteiger partial charge in [-0.1, -0.05) is 37.1 Å². The van der Waals surface area contributed by atoms with Gasteiger partial charge >= 0.3 is 0 Å². The van der Waals surface area contributed by atoms with Crippen LogP contribution >= 0.6 is 11.6 Å². The van der Waals surface area contributed by atoms with Crippen molar-refractivity contribution in [3.05, 3.63) is 64.4 Å². The summed E-state index contributed by atoms with van der Waals surface area (Å²) in [5, 5.41) is 3.34. The SMILES string of the molecule is CCCCC(=O)N1CC(=O)Nc2ccc(Cl)cc2[C@H]1c1ccc(F)cc1. The Morgan fingerprint density at radius 1 is 1.27 bits per heavy atom. The zero-order valence-corrected chi connectivity index (χ0v) is 15.2. The first-order valence-corrected chi connectivity index (χ1v) is 9.01. The molecule has 0 bridgehead atoms. The number of carbonyl (C=O) groups is 2. The van der Waals surface area contributed by atoms with Gasteiger partial charge in [0.2, 0.25) is 11.8 Å². The summed E-state index contributed by atoms with van der Waals surface area (Å²) in [5.74, 6) is -0.723. The predicted octanol–water partition coefficient (Wildman–Crippen LogP) is 4.54. The number of anilines is 1. The van der Waals surface area contributed by atoms with Crippen molar-refractivity contribution < 1.29 is 14.0 Å². The molecule has 6 heteroatoms. The molecule has 0 saturated heterocycles. The van der Waals surface area contributed by atoms with Crippen molar-refractivity contribution in [3.8, 4) is 0 Å². The molecular formula is C20H20ClFN2O2. The highest BCUT2D eigenvalue weighted by molar-refractivity contribution is 6.30. The average Bonchev–Trinajstić information content (AvgIpc) is 2.76. The van der Waals surface area contributed by atoms with Crippen molar-refractivity contribution in [2.45, 2.75) is 32.2 Å². The third-order valence-corrected chi connectivity index (χ3v) is 4.69. The Hall–Kier alpha value is -2.40. The number of halogens is 2. The van der Waals surface area contributed by atoms with Gasteiger partial charge in [0, 0.05) is 22.7 Å². The lowest BCUT2D eigenvalue weighted by Crippen LogP contribution is -2.38. The summed E-state index contributed by atoms with van der Waals surface area (Å²) in [7, 11) is 0. The second-order valence-corrected chi connectivity index (χ2v) is 6.80. The largest absolute Gasteiger partial charge is 0.324 e. The Morgan fingerprint density at radius 3 is 2.69 bits per heavy atom. The van der Waals surface area contributed by atoms with Crippen LogP contribution in [-0.2, 0) is 9.59 Å². The van der Waals surface area contributed by atoms with Crippen LogP contribution < -0.4 is 5.32 Å². The molecule has 0 fully saturated rings. The maximum atomic E-state index is 13.4. The van der Waals surface area contributed by atoms with Crippen LogP contribution in [0, 0.1) is 5.82 Å². The summed E-state index contributed by atoms with van der Waals surface area (Å²) in [6, 6.07) is 10.6. The number of hydrogen-bond acceptors (Lipinski definition) is 2. The molecule has 0 aromatic heterocycles.